The third-order valence-corrected chi connectivity index (χ3v) is 3.83. The molecule has 0 aliphatic carbocycles. The Morgan fingerprint density at radius 1 is 1.24 bits per heavy atom. The summed E-state index contributed by atoms with van der Waals surface area (Å²) in [5, 5.41) is 0. The summed E-state index contributed by atoms with van der Waals surface area (Å²) in [7, 11) is 1.54. The van der Waals surface area contributed by atoms with Gasteiger partial charge in [-0.25, -0.2) is 0 Å². The molecule has 116 valence electrons. The Balaban J connectivity index is 1.86. The Labute approximate surface area is 121 Å². The van der Waals surface area contributed by atoms with Crippen molar-refractivity contribution in [3.63, 3.8) is 0 Å². The van der Waals surface area contributed by atoms with Gasteiger partial charge in [0, 0.05) is 5.56 Å². The molecule has 0 radical (unpaired) electrons. The van der Waals surface area contributed by atoms with Crippen molar-refractivity contribution in [3.8, 4) is 5.75 Å². The molecule has 3 nitrogen and oxygen atoms in total. The van der Waals surface area contributed by atoms with Gasteiger partial charge in [0.15, 0.2) is 5.78 Å². The molecular weight excluding hydrogens is 283 g/mol. The molecule has 0 amide bonds. The topological polar surface area (TPSA) is 29.5 Å². The number of halogens is 3. The molecule has 1 fully saturated rings. The van der Waals surface area contributed by atoms with Gasteiger partial charge in [0.1, 0.15) is 5.75 Å². The van der Waals surface area contributed by atoms with Gasteiger partial charge in [-0.15, -0.1) is 0 Å². The van der Waals surface area contributed by atoms with Gasteiger partial charge in [0.2, 0.25) is 0 Å². The third kappa shape index (κ3) is 4.20. The van der Waals surface area contributed by atoms with Gasteiger partial charge in [-0.2, -0.15) is 13.2 Å². The van der Waals surface area contributed by atoms with Crippen LogP contribution in [0, 0.1) is 5.92 Å². The van der Waals surface area contributed by atoms with Gasteiger partial charge in [0.05, 0.1) is 19.6 Å². The molecular formula is C15H18F3NO2. The standard InChI is InChI=1S/C15H18F3NO2/c1-21-13-4-2-11(3-5-13)14(20)10-19-8-6-12(7-9-19)15(16,17)18/h2-5,12H,6-10H2,1H3. The molecule has 0 unspecified atom stereocenters. The average Bonchev–Trinajstić information content (AvgIpc) is 2.47. The zero-order valence-electron chi connectivity index (χ0n) is 11.8. The van der Waals surface area contributed by atoms with Crippen molar-refractivity contribution < 1.29 is 22.7 Å². The minimum Gasteiger partial charge on any atom is -0.497 e. The van der Waals surface area contributed by atoms with E-state index in [0.29, 0.717) is 24.4 Å². The number of rotatable bonds is 4. The maximum atomic E-state index is 12.6. The zero-order valence-corrected chi connectivity index (χ0v) is 11.8. The van der Waals surface area contributed by atoms with Crippen LogP contribution in [-0.2, 0) is 0 Å². The summed E-state index contributed by atoms with van der Waals surface area (Å²) in [4.78, 5) is 13.9. The van der Waals surface area contributed by atoms with Crippen LogP contribution >= 0.6 is 0 Å². The van der Waals surface area contributed by atoms with Crippen LogP contribution in [0.3, 0.4) is 0 Å². The molecule has 2 rings (SSSR count). The summed E-state index contributed by atoms with van der Waals surface area (Å²) in [6.07, 6.45) is -3.98. The smallest absolute Gasteiger partial charge is 0.391 e. The molecule has 0 spiro atoms. The fourth-order valence-electron chi connectivity index (χ4n) is 2.49. The fourth-order valence-corrected chi connectivity index (χ4v) is 2.49. The van der Waals surface area contributed by atoms with E-state index in [1.165, 1.54) is 0 Å². The predicted octanol–water partition coefficient (Wildman–Crippen LogP) is 3.15. The van der Waals surface area contributed by atoms with Gasteiger partial charge in [-0.05, 0) is 50.2 Å². The molecule has 1 aliphatic heterocycles. The highest BCUT2D eigenvalue weighted by Gasteiger charge is 2.41. The lowest BCUT2D eigenvalue weighted by molar-refractivity contribution is -0.184. The molecule has 6 heteroatoms. The van der Waals surface area contributed by atoms with E-state index < -0.39 is 12.1 Å². The molecule has 1 aromatic carbocycles. The minimum atomic E-state index is -4.12. The summed E-state index contributed by atoms with van der Waals surface area (Å²) in [6.45, 7) is 0.787. The summed E-state index contributed by atoms with van der Waals surface area (Å²) < 4.78 is 42.7. The number of piperidine rings is 1. The number of hydrogen-bond acceptors (Lipinski definition) is 3. The second kappa shape index (κ2) is 6.47. The van der Waals surface area contributed by atoms with Crippen LogP contribution in [0.2, 0.25) is 0 Å². The van der Waals surface area contributed by atoms with Gasteiger partial charge in [-0.3, -0.25) is 9.69 Å². The van der Waals surface area contributed by atoms with Crippen LogP contribution in [0.4, 0.5) is 13.2 Å². The Hall–Kier alpha value is -1.56. The van der Waals surface area contributed by atoms with Gasteiger partial charge in [-0.1, -0.05) is 0 Å². The van der Waals surface area contributed by atoms with Crippen LogP contribution in [0.1, 0.15) is 23.2 Å². The first-order valence-electron chi connectivity index (χ1n) is 6.86. The van der Waals surface area contributed by atoms with Crippen molar-refractivity contribution in [1.82, 2.24) is 4.90 Å². The van der Waals surface area contributed by atoms with Gasteiger partial charge in [0.25, 0.3) is 0 Å². The van der Waals surface area contributed by atoms with E-state index in [1.54, 1.807) is 36.3 Å². The van der Waals surface area contributed by atoms with Crippen molar-refractivity contribution in [2.75, 3.05) is 26.7 Å². The second-order valence-corrected chi connectivity index (χ2v) is 5.24. The number of alkyl halides is 3. The Bertz CT molecular complexity index is 477. The number of likely N-dealkylation sites (tertiary alicyclic amines) is 1. The lowest BCUT2D eigenvalue weighted by Gasteiger charge is -2.32. The Kier molecular flexibility index (Phi) is 4.88. The molecule has 1 heterocycles. The lowest BCUT2D eigenvalue weighted by atomic mass is 9.96. The number of hydrogen-bond donors (Lipinski definition) is 0. The van der Waals surface area contributed by atoms with Crippen LogP contribution in [0.5, 0.6) is 5.75 Å². The van der Waals surface area contributed by atoms with Crippen molar-refractivity contribution in [2.45, 2.75) is 19.0 Å². The van der Waals surface area contributed by atoms with Crippen molar-refractivity contribution in [3.05, 3.63) is 29.8 Å². The normalized spacial score (nSPS) is 17.7. The summed E-state index contributed by atoms with van der Waals surface area (Å²) in [5.74, 6) is -0.648. The Morgan fingerprint density at radius 3 is 2.29 bits per heavy atom. The number of ketones is 1. The number of ether oxygens (including phenoxy) is 1. The van der Waals surface area contributed by atoms with Gasteiger partial charge >= 0.3 is 6.18 Å². The van der Waals surface area contributed by atoms with Crippen molar-refractivity contribution in [1.29, 1.82) is 0 Å². The molecule has 0 aromatic heterocycles. The van der Waals surface area contributed by atoms with E-state index in [0.717, 1.165) is 0 Å². The molecule has 1 aromatic rings. The van der Waals surface area contributed by atoms with Crippen molar-refractivity contribution in [2.24, 2.45) is 5.92 Å². The number of methoxy groups -OCH3 is 1. The Morgan fingerprint density at radius 2 is 1.81 bits per heavy atom. The molecule has 0 saturated carbocycles. The molecule has 21 heavy (non-hydrogen) atoms. The highest BCUT2D eigenvalue weighted by atomic mass is 19.4. The third-order valence-electron chi connectivity index (χ3n) is 3.83. The van der Waals surface area contributed by atoms with Crippen molar-refractivity contribution >= 4 is 5.78 Å². The number of benzene rings is 1. The van der Waals surface area contributed by atoms with Crippen LogP contribution in [0.25, 0.3) is 0 Å². The number of Topliss-reactive ketones (excluding diaryl/α,β-unsaturated/α-hetero) is 1. The van der Waals surface area contributed by atoms with E-state index in [9.17, 15) is 18.0 Å². The summed E-state index contributed by atoms with van der Waals surface area (Å²) in [6, 6.07) is 6.74. The SMILES string of the molecule is COc1ccc(C(=O)CN2CCC(C(F)(F)F)CC2)cc1. The minimum absolute atomic E-state index is 0.0688. The molecule has 0 N–H and O–H groups in total. The lowest BCUT2D eigenvalue weighted by Crippen LogP contribution is -2.41. The number of carbonyl (C=O) groups is 1. The quantitative estimate of drug-likeness (QED) is 0.800. The van der Waals surface area contributed by atoms with Crippen LogP contribution < -0.4 is 4.74 Å². The van der Waals surface area contributed by atoms with Crippen LogP contribution in [0.15, 0.2) is 24.3 Å². The average molecular weight is 301 g/mol. The van der Waals surface area contributed by atoms with E-state index >= 15 is 0 Å². The van der Waals surface area contributed by atoms with E-state index in [1.807, 2.05) is 0 Å². The first-order valence-corrected chi connectivity index (χ1v) is 6.86. The van der Waals surface area contributed by atoms with E-state index in [-0.39, 0.29) is 25.2 Å². The maximum Gasteiger partial charge on any atom is 0.391 e. The van der Waals surface area contributed by atoms with Gasteiger partial charge < -0.3 is 4.74 Å². The second-order valence-electron chi connectivity index (χ2n) is 5.24. The predicted molar refractivity (Wildman–Crippen MR) is 72.5 cm³/mol. The largest absolute Gasteiger partial charge is 0.497 e. The molecule has 0 atom stereocenters. The number of nitrogens with zero attached hydrogens (tertiary/aromatic N) is 1. The first kappa shape index (κ1) is 15.8. The van der Waals surface area contributed by atoms with E-state index in [2.05, 4.69) is 0 Å². The van der Waals surface area contributed by atoms with E-state index in [4.69, 9.17) is 4.74 Å². The number of carbonyl (C=O) groups excluding carboxylic acids is 1. The van der Waals surface area contributed by atoms with Crippen LogP contribution in [-0.4, -0.2) is 43.6 Å². The molecule has 1 aliphatic rings. The summed E-state index contributed by atoms with van der Waals surface area (Å²) >= 11 is 0. The monoisotopic (exact) mass is 301 g/mol. The maximum absolute atomic E-state index is 12.6. The zero-order chi connectivity index (χ0) is 15.5. The fraction of sp³-hybridized carbons (Fsp3) is 0.533. The first-order chi connectivity index (χ1) is 9.90. The summed E-state index contributed by atoms with van der Waals surface area (Å²) in [5.41, 5.74) is 0.550. The molecule has 1 saturated heterocycles. The molecule has 0 bridgehead atoms. The highest BCUT2D eigenvalue weighted by molar-refractivity contribution is 5.97. The highest BCUT2D eigenvalue weighted by Crippen LogP contribution is 2.34.